The number of carbonyl (C=O) groups is 1. The highest BCUT2D eigenvalue weighted by atomic mass is 32.3. The number of nitrogens with zero attached hydrogens (tertiary/aromatic N) is 3. The molecule has 2 N–H and O–H groups in total. The van der Waals surface area contributed by atoms with Crippen LogP contribution >= 0.6 is 0 Å². The molecule has 0 radical (unpaired) electrons. The van der Waals surface area contributed by atoms with Crippen LogP contribution in [-0.4, -0.2) is 40.2 Å². The number of halogens is 3. The fourth-order valence-corrected chi connectivity index (χ4v) is 3.14. The Balaban J connectivity index is 1.72. The van der Waals surface area contributed by atoms with Gasteiger partial charge in [0.1, 0.15) is 23.6 Å². The van der Waals surface area contributed by atoms with Gasteiger partial charge in [-0.3, -0.25) is 14.1 Å². The molecule has 1 aromatic heterocycles. The van der Waals surface area contributed by atoms with Crippen LogP contribution in [0.1, 0.15) is 18.5 Å². The van der Waals surface area contributed by atoms with E-state index < -0.39 is 46.6 Å². The van der Waals surface area contributed by atoms with Crippen molar-refractivity contribution in [2.45, 2.75) is 25.9 Å². The highest BCUT2D eigenvalue weighted by molar-refractivity contribution is 7.81. The molecule has 0 aliphatic carbocycles. The number of hydrogen-bond donors (Lipinski definition) is 2. The smallest absolute Gasteiger partial charge is 0.406 e. The normalized spacial score (nSPS) is 12.9. The minimum Gasteiger partial charge on any atom is -0.406 e. The third kappa shape index (κ3) is 6.63. The fourth-order valence-electron chi connectivity index (χ4n) is 2.80. The molecule has 0 aliphatic rings. The van der Waals surface area contributed by atoms with Crippen molar-refractivity contribution in [3.8, 4) is 11.5 Å². The van der Waals surface area contributed by atoms with E-state index >= 15 is 0 Å². The van der Waals surface area contributed by atoms with E-state index in [9.17, 15) is 31.2 Å². The number of nitrogens with one attached hydrogen (secondary N) is 1. The first-order valence-corrected chi connectivity index (χ1v) is 10.4. The summed E-state index contributed by atoms with van der Waals surface area (Å²) in [6.07, 6.45) is -4.82. The number of ether oxygens (including phenoxy) is 1. The molecule has 3 aromatic rings. The zero-order chi connectivity index (χ0) is 24.4. The summed E-state index contributed by atoms with van der Waals surface area (Å²) in [6.45, 7) is 1.02. The first-order valence-electron chi connectivity index (χ1n) is 9.00. The summed E-state index contributed by atoms with van der Waals surface area (Å²) in [6, 6.07) is 7.64. The van der Waals surface area contributed by atoms with Crippen molar-refractivity contribution in [1.82, 2.24) is 20.3 Å². The molecule has 0 saturated carbocycles. The predicted molar refractivity (Wildman–Crippen MR) is 106 cm³/mol. The summed E-state index contributed by atoms with van der Waals surface area (Å²) in [5.74, 6) is -1.42. The van der Waals surface area contributed by atoms with Gasteiger partial charge >= 0.3 is 16.8 Å². The lowest BCUT2D eigenvalue weighted by atomic mass is 10.1. The Labute approximate surface area is 183 Å². The van der Waals surface area contributed by atoms with Gasteiger partial charge in [-0.1, -0.05) is 17.3 Å². The fraction of sp³-hybridized carbons (Fsp3) is 0.222. The summed E-state index contributed by atoms with van der Waals surface area (Å²) in [5, 5.41) is 9.85. The second-order valence-electron chi connectivity index (χ2n) is 6.65. The molecule has 11 nitrogen and oxygen atoms in total. The molecule has 2 aromatic carbocycles. The van der Waals surface area contributed by atoms with Gasteiger partial charge in [-0.2, -0.15) is 8.42 Å². The topological polar surface area (TPSA) is 150 Å². The van der Waals surface area contributed by atoms with Gasteiger partial charge in [0.05, 0.1) is 11.4 Å². The zero-order valence-corrected chi connectivity index (χ0v) is 17.4. The van der Waals surface area contributed by atoms with Gasteiger partial charge in [-0.15, -0.1) is 18.3 Å². The van der Waals surface area contributed by atoms with Gasteiger partial charge in [0.15, 0.2) is 0 Å². The van der Waals surface area contributed by atoms with E-state index in [1.807, 2.05) is 0 Å². The standard InChI is InChI=1S/C18H15F3N4O7S/c1-10(11-2-4-12(5-3-11)31-18(19,20)21)22-16(26)9-25-17(27)14-8-13(32-33(28,29)30)6-7-15(14)23-24-25/h2-8,10H,9H2,1H3,(H,22,26)(H,28,29,30)/t10-/m0/s1. The van der Waals surface area contributed by atoms with Crippen LogP contribution in [0.2, 0.25) is 0 Å². The maximum Gasteiger partial charge on any atom is 0.573 e. The van der Waals surface area contributed by atoms with E-state index in [0.717, 1.165) is 28.9 Å². The predicted octanol–water partition coefficient (Wildman–Crippen LogP) is 1.75. The lowest BCUT2D eigenvalue weighted by Gasteiger charge is -2.15. The van der Waals surface area contributed by atoms with Crippen molar-refractivity contribution < 1.29 is 39.9 Å². The summed E-state index contributed by atoms with van der Waals surface area (Å²) in [5.41, 5.74) is -0.215. The molecule has 33 heavy (non-hydrogen) atoms. The average Bonchev–Trinajstić information content (AvgIpc) is 2.68. The van der Waals surface area contributed by atoms with Gasteiger partial charge in [0.25, 0.3) is 5.56 Å². The first-order chi connectivity index (χ1) is 15.3. The molecule has 176 valence electrons. The summed E-state index contributed by atoms with van der Waals surface area (Å²) < 4.78 is 76.0. The van der Waals surface area contributed by atoms with E-state index in [1.54, 1.807) is 6.92 Å². The number of carbonyl (C=O) groups excluding carboxylic acids is 1. The van der Waals surface area contributed by atoms with E-state index in [0.29, 0.717) is 5.56 Å². The Hall–Kier alpha value is -3.72. The molecular weight excluding hydrogens is 473 g/mol. The molecule has 0 bridgehead atoms. The van der Waals surface area contributed by atoms with Gasteiger partial charge in [-0.25, -0.2) is 4.68 Å². The van der Waals surface area contributed by atoms with Crippen molar-refractivity contribution in [2.24, 2.45) is 0 Å². The Morgan fingerprint density at radius 1 is 1.18 bits per heavy atom. The molecule has 0 saturated heterocycles. The van der Waals surface area contributed by atoms with Crippen LogP contribution in [0.25, 0.3) is 10.9 Å². The van der Waals surface area contributed by atoms with Gasteiger partial charge in [0, 0.05) is 0 Å². The molecule has 1 atom stereocenters. The van der Waals surface area contributed by atoms with Crippen LogP contribution in [0.15, 0.2) is 47.3 Å². The number of rotatable bonds is 7. The highest BCUT2D eigenvalue weighted by Gasteiger charge is 2.31. The van der Waals surface area contributed by atoms with Crippen molar-refractivity contribution in [1.29, 1.82) is 0 Å². The van der Waals surface area contributed by atoms with Crippen molar-refractivity contribution >= 4 is 27.2 Å². The monoisotopic (exact) mass is 488 g/mol. The summed E-state index contributed by atoms with van der Waals surface area (Å²) >= 11 is 0. The van der Waals surface area contributed by atoms with E-state index in [2.05, 4.69) is 24.5 Å². The van der Waals surface area contributed by atoms with E-state index in [1.165, 1.54) is 18.2 Å². The molecule has 0 fully saturated rings. The molecule has 0 unspecified atom stereocenters. The highest BCUT2D eigenvalue weighted by Crippen LogP contribution is 2.24. The number of aromatic nitrogens is 3. The third-order valence-electron chi connectivity index (χ3n) is 4.18. The molecule has 0 spiro atoms. The molecule has 3 rings (SSSR count). The lowest BCUT2D eigenvalue weighted by molar-refractivity contribution is -0.274. The average molecular weight is 488 g/mol. The molecule has 0 aliphatic heterocycles. The Kier molecular flexibility index (Phi) is 6.55. The maximum atomic E-state index is 12.6. The van der Waals surface area contributed by atoms with Crippen LogP contribution in [0.4, 0.5) is 13.2 Å². The van der Waals surface area contributed by atoms with Crippen LogP contribution in [-0.2, 0) is 21.7 Å². The minimum atomic E-state index is -4.82. The van der Waals surface area contributed by atoms with Gasteiger partial charge < -0.3 is 14.2 Å². The van der Waals surface area contributed by atoms with Crippen molar-refractivity contribution in [3.05, 3.63) is 58.4 Å². The van der Waals surface area contributed by atoms with E-state index in [4.69, 9.17) is 4.55 Å². The van der Waals surface area contributed by atoms with Crippen molar-refractivity contribution in [2.75, 3.05) is 0 Å². The van der Waals surface area contributed by atoms with Gasteiger partial charge in [-0.05, 0) is 42.8 Å². The number of alkyl halides is 3. The quantitative estimate of drug-likeness (QED) is 0.474. The number of benzene rings is 2. The van der Waals surface area contributed by atoms with Crippen LogP contribution < -0.4 is 19.8 Å². The molecule has 1 heterocycles. The van der Waals surface area contributed by atoms with Crippen LogP contribution in [0.3, 0.4) is 0 Å². The molecular formula is C18H15F3N4O7S. The van der Waals surface area contributed by atoms with Gasteiger partial charge in [0.2, 0.25) is 5.91 Å². The lowest BCUT2D eigenvalue weighted by Crippen LogP contribution is -2.35. The van der Waals surface area contributed by atoms with Crippen LogP contribution in [0, 0.1) is 0 Å². The number of fused-ring (bicyclic) bond motifs is 1. The molecule has 15 heteroatoms. The number of hydrogen-bond acceptors (Lipinski definition) is 8. The SMILES string of the molecule is C[C@H](NC(=O)Cn1nnc2ccc(OS(=O)(=O)O)cc2c1=O)c1ccc(OC(F)(F)F)cc1. The van der Waals surface area contributed by atoms with Crippen LogP contribution in [0.5, 0.6) is 11.5 Å². The Morgan fingerprint density at radius 2 is 1.82 bits per heavy atom. The number of amides is 1. The van der Waals surface area contributed by atoms with Crippen molar-refractivity contribution in [3.63, 3.8) is 0 Å². The zero-order valence-electron chi connectivity index (χ0n) is 16.6. The third-order valence-corrected chi connectivity index (χ3v) is 4.58. The molecule has 1 amide bonds. The second kappa shape index (κ2) is 9.03. The maximum absolute atomic E-state index is 12.6. The minimum absolute atomic E-state index is 0.0916. The first kappa shape index (κ1) is 23.9. The largest absolute Gasteiger partial charge is 0.573 e. The summed E-state index contributed by atoms with van der Waals surface area (Å²) in [7, 11) is -4.81. The second-order valence-corrected chi connectivity index (χ2v) is 7.67. The Morgan fingerprint density at radius 3 is 2.42 bits per heavy atom. The Bertz CT molecular complexity index is 1340. The summed E-state index contributed by atoms with van der Waals surface area (Å²) in [4.78, 5) is 24.9. The van der Waals surface area contributed by atoms with E-state index in [-0.39, 0.29) is 16.7 Å².